The molecule has 2 rings (SSSR count). The van der Waals surface area contributed by atoms with Gasteiger partial charge in [-0.25, -0.2) is 9.97 Å². The van der Waals surface area contributed by atoms with Crippen LogP contribution >= 0.6 is 0 Å². The molecular formula is C13H15N5O3. The second-order valence-corrected chi connectivity index (χ2v) is 4.42. The molecule has 0 fully saturated rings. The molecular weight excluding hydrogens is 274 g/mol. The molecule has 21 heavy (non-hydrogen) atoms. The predicted molar refractivity (Wildman–Crippen MR) is 77.4 cm³/mol. The topological polar surface area (TPSA) is 103 Å². The fourth-order valence-corrected chi connectivity index (χ4v) is 1.91. The number of aryl methyl sites for hydroxylation is 1. The first kappa shape index (κ1) is 14.6. The van der Waals surface area contributed by atoms with E-state index in [0.717, 1.165) is 5.69 Å². The van der Waals surface area contributed by atoms with E-state index in [1.807, 2.05) is 13.8 Å². The highest BCUT2D eigenvalue weighted by molar-refractivity contribution is 5.35. The summed E-state index contributed by atoms with van der Waals surface area (Å²) in [6.07, 6.45) is 1.48. The van der Waals surface area contributed by atoms with Gasteiger partial charge in [-0.15, -0.1) is 0 Å². The number of pyridine rings is 1. The minimum Gasteiger partial charge on any atom is -0.370 e. The fourth-order valence-electron chi connectivity index (χ4n) is 1.91. The lowest BCUT2D eigenvalue weighted by Gasteiger charge is -2.08. The second-order valence-electron chi connectivity index (χ2n) is 4.42. The number of nitrogens with one attached hydrogen (secondary N) is 1. The Labute approximate surface area is 120 Å². The largest absolute Gasteiger partial charge is 0.370 e. The Morgan fingerprint density at radius 3 is 2.86 bits per heavy atom. The SMILES string of the molecule is CCNc1cc(C)nc(Cn2cccc([N+](=O)[O-])c2=O)n1. The zero-order valence-corrected chi connectivity index (χ0v) is 11.7. The van der Waals surface area contributed by atoms with Crippen LogP contribution in [0.4, 0.5) is 11.5 Å². The van der Waals surface area contributed by atoms with Crippen LogP contribution < -0.4 is 10.9 Å². The maximum absolute atomic E-state index is 12.0. The van der Waals surface area contributed by atoms with Gasteiger partial charge in [0, 0.05) is 30.6 Å². The van der Waals surface area contributed by atoms with Gasteiger partial charge in [0.1, 0.15) is 5.82 Å². The Morgan fingerprint density at radius 1 is 1.43 bits per heavy atom. The van der Waals surface area contributed by atoms with Crippen molar-refractivity contribution >= 4 is 11.5 Å². The van der Waals surface area contributed by atoms with Crippen LogP contribution in [-0.4, -0.2) is 26.0 Å². The summed E-state index contributed by atoms with van der Waals surface area (Å²) in [6.45, 7) is 4.57. The van der Waals surface area contributed by atoms with Crippen molar-refractivity contribution in [2.75, 3.05) is 11.9 Å². The summed E-state index contributed by atoms with van der Waals surface area (Å²) in [5, 5.41) is 13.8. The monoisotopic (exact) mass is 289 g/mol. The van der Waals surface area contributed by atoms with Crippen LogP contribution in [0.15, 0.2) is 29.2 Å². The molecule has 0 saturated heterocycles. The molecule has 0 unspecified atom stereocenters. The molecule has 0 aliphatic rings. The lowest BCUT2D eigenvalue weighted by atomic mass is 10.3. The molecule has 110 valence electrons. The molecule has 0 aromatic carbocycles. The van der Waals surface area contributed by atoms with Crippen molar-refractivity contribution in [1.82, 2.24) is 14.5 Å². The van der Waals surface area contributed by atoms with Gasteiger partial charge in [-0.2, -0.15) is 0 Å². The van der Waals surface area contributed by atoms with Gasteiger partial charge in [0.15, 0.2) is 5.82 Å². The third kappa shape index (κ3) is 3.41. The third-order valence-corrected chi connectivity index (χ3v) is 2.77. The molecule has 2 aromatic heterocycles. The van der Waals surface area contributed by atoms with Crippen molar-refractivity contribution < 1.29 is 4.92 Å². The normalized spacial score (nSPS) is 10.4. The average molecular weight is 289 g/mol. The van der Waals surface area contributed by atoms with E-state index >= 15 is 0 Å². The predicted octanol–water partition coefficient (Wildman–Crippen LogP) is 1.34. The summed E-state index contributed by atoms with van der Waals surface area (Å²) in [6, 6.07) is 4.43. The van der Waals surface area contributed by atoms with Crippen molar-refractivity contribution in [3.05, 3.63) is 56.4 Å². The maximum atomic E-state index is 12.0. The van der Waals surface area contributed by atoms with Crippen molar-refractivity contribution in [1.29, 1.82) is 0 Å². The number of rotatable bonds is 5. The van der Waals surface area contributed by atoms with E-state index in [4.69, 9.17) is 0 Å². The van der Waals surface area contributed by atoms with E-state index in [1.54, 1.807) is 6.07 Å². The highest BCUT2D eigenvalue weighted by Gasteiger charge is 2.14. The minimum absolute atomic E-state index is 0.0839. The van der Waals surface area contributed by atoms with Crippen molar-refractivity contribution in [2.45, 2.75) is 20.4 Å². The van der Waals surface area contributed by atoms with Crippen LogP contribution in [-0.2, 0) is 6.54 Å². The van der Waals surface area contributed by atoms with Crippen LogP contribution in [0.5, 0.6) is 0 Å². The second kappa shape index (κ2) is 6.12. The molecule has 8 heteroatoms. The molecule has 2 aromatic rings. The molecule has 0 amide bonds. The molecule has 0 radical (unpaired) electrons. The zero-order valence-electron chi connectivity index (χ0n) is 11.7. The highest BCUT2D eigenvalue weighted by atomic mass is 16.6. The zero-order chi connectivity index (χ0) is 15.4. The molecule has 0 aliphatic heterocycles. The van der Waals surface area contributed by atoms with Crippen molar-refractivity contribution in [3.8, 4) is 0 Å². The van der Waals surface area contributed by atoms with E-state index in [-0.39, 0.29) is 6.54 Å². The molecule has 1 N–H and O–H groups in total. The van der Waals surface area contributed by atoms with Gasteiger partial charge >= 0.3 is 11.2 Å². The van der Waals surface area contributed by atoms with E-state index in [2.05, 4.69) is 15.3 Å². The molecule has 0 atom stereocenters. The summed E-state index contributed by atoms with van der Waals surface area (Å²) in [7, 11) is 0. The molecule has 0 saturated carbocycles. The van der Waals surface area contributed by atoms with Crippen LogP contribution in [0.2, 0.25) is 0 Å². The van der Waals surface area contributed by atoms with Gasteiger partial charge in [0.25, 0.3) is 0 Å². The summed E-state index contributed by atoms with van der Waals surface area (Å²) < 4.78 is 1.22. The van der Waals surface area contributed by atoms with Gasteiger partial charge in [-0.05, 0) is 19.9 Å². The Hall–Kier alpha value is -2.77. The Kier molecular flexibility index (Phi) is 4.27. The number of nitrogens with zero attached hydrogens (tertiary/aromatic N) is 4. The van der Waals surface area contributed by atoms with E-state index in [9.17, 15) is 14.9 Å². The van der Waals surface area contributed by atoms with Gasteiger partial charge < -0.3 is 9.88 Å². The highest BCUT2D eigenvalue weighted by Crippen LogP contribution is 2.08. The van der Waals surface area contributed by atoms with Crippen LogP contribution in [0.3, 0.4) is 0 Å². The quantitative estimate of drug-likeness (QED) is 0.658. The summed E-state index contributed by atoms with van der Waals surface area (Å²) in [5.74, 6) is 1.09. The minimum atomic E-state index is -0.694. The van der Waals surface area contributed by atoms with Gasteiger partial charge in [-0.1, -0.05) is 0 Å². The first-order valence-corrected chi connectivity index (χ1v) is 6.43. The molecule has 0 spiro atoms. The Balaban J connectivity index is 2.36. The lowest BCUT2D eigenvalue weighted by molar-refractivity contribution is -0.386. The van der Waals surface area contributed by atoms with Crippen LogP contribution in [0.1, 0.15) is 18.4 Å². The van der Waals surface area contributed by atoms with Gasteiger partial charge in [0.2, 0.25) is 0 Å². The Bertz CT molecular complexity index is 726. The number of hydrogen-bond donors (Lipinski definition) is 1. The Morgan fingerprint density at radius 2 is 2.19 bits per heavy atom. The molecule has 0 bridgehead atoms. The fraction of sp³-hybridized carbons (Fsp3) is 0.308. The van der Waals surface area contributed by atoms with Crippen LogP contribution in [0.25, 0.3) is 0 Å². The number of nitro groups is 1. The average Bonchev–Trinajstić information content (AvgIpc) is 2.40. The maximum Gasteiger partial charge on any atom is 0.334 e. The molecule has 8 nitrogen and oxygen atoms in total. The molecule has 2 heterocycles. The number of aromatic nitrogens is 3. The van der Waals surface area contributed by atoms with Crippen molar-refractivity contribution in [2.24, 2.45) is 0 Å². The number of hydrogen-bond acceptors (Lipinski definition) is 6. The van der Waals surface area contributed by atoms with Crippen LogP contribution in [0, 0.1) is 17.0 Å². The lowest BCUT2D eigenvalue weighted by Crippen LogP contribution is -2.23. The summed E-state index contributed by atoms with van der Waals surface area (Å²) in [5.41, 5.74) is -0.371. The standard InChI is InChI=1S/C13H15N5O3/c1-3-14-11-7-9(2)15-12(16-11)8-17-6-4-5-10(13(17)19)18(20)21/h4-7H,3,8H2,1-2H3,(H,14,15,16). The first-order chi connectivity index (χ1) is 10.0. The van der Waals surface area contributed by atoms with Gasteiger partial charge in [-0.3, -0.25) is 14.9 Å². The molecule has 0 aliphatic carbocycles. The van der Waals surface area contributed by atoms with E-state index < -0.39 is 16.2 Å². The third-order valence-electron chi connectivity index (χ3n) is 2.77. The first-order valence-electron chi connectivity index (χ1n) is 6.43. The van der Waals surface area contributed by atoms with E-state index in [1.165, 1.54) is 22.9 Å². The smallest absolute Gasteiger partial charge is 0.334 e. The van der Waals surface area contributed by atoms with Gasteiger partial charge in [0.05, 0.1) is 11.5 Å². The van der Waals surface area contributed by atoms with Crippen molar-refractivity contribution in [3.63, 3.8) is 0 Å². The summed E-state index contributed by atoms with van der Waals surface area (Å²) in [4.78, 5) is 30.6. The number of anilines is 1. The summed E-state index contributed by atoms with van der Waals surface area (Å²) >= 11 is 0. The van der Waals surface area contributed by atoms with E-state index in [0.29, 0.717) is 18.2 Å².